The van der Waals surface area contributed by atoms with Crippen molar-refractivity contribution in [2.75, 3.05) is 11.9 Å². The fourth-order valence-electron chi connectivity index (χ4n) is 3.01. The lowest BCUT2D eigenvalue weighted by molar-refractivity contribution is 0.135. The Kier molecular flexibility index (Phi) is 2.74. The lowest BCUT2D eigenvalue weighted by Gasteiger charge is -2.48. The molecule has 1 atom stereocenters. The second-order valence-corrected chi connectivity index (χ2v) is 5.39. The summed E-state index contributed by atoms with van der Waals surface area (Å²) in [6, 6.07) is 0.548. The number of hydrogen-bond donors (Lipinski definition) is 2. The number of hydrogen-bond acceptors (Lipinski definition) is 4. The Morgan fingerprint density at radius 3 is 2.88 bits per heavy atom. The van der Waals surface area contributed by atoms with Crippen molar-refractivity contribution >= 4 is 5.82 Å². The van der Waals surface area contributed by atoms with Crippen molar-refractivity contribution in [3.63, 3.8) is 0 Å². The first-order valence-electron chi connectivity index (χ1n) is 6.57. The molecule has 1 aliphatic carbocycles. The monoisotopic (exact) mass is 232 g/mol. The summed E-state index contributed by atoms with van der Waals surface area (Å²) in [6.07, 6.45) is 9.96. The van der Waals surface area contributed by atoms with E-state index in [4.69, 9.17) is 0 Å². The molecule has 2 fully saturated rings. The van der Waals surface area contributed by atoms with Crippen LogP contribution in [-0.4, -0.2) is 28.1 Å². The van der Waals surface area contributed by atoms with E-state index in [-0.39, 0.29) is 0 Å². The van der Waals surface area contributed by atoms with Gasteiger partial charge in [0.15, 0.2) is 0 Å². The van der Waals surface area contributed by atoms with Gasteiger partial charge in [0.1, 0.15) is 5.82 Å². The van der Waals surface area contributed by atoms with E-state index in [0.29, 0.717) is 11.6 Å². The van der Waals surface area contributed by atoms with Crippen molar-refractivity contribution < 1.29 is 0 Å². The molecular formula is C13H20N4. The second kappa shape index (κ2) is 4.26. The summed E-state index contributed by atoms with van der Waals surface area (Å²) in [5.74, 6) is 0.953. The van der Waals surface area contributed by atoms with Crippen molar-refractivity contribution in [3.8, 4) is 0 Å². The van der Waals surface area contributed by atoms with Crippen LogP contribution < -0.4 is 10.6 Å². The van der Waals surface area contributed by atoms with Crippen molar-refractivity contribution in [2.24, 2.45) is 0 Å². The molecule has 2 aliphatic rings. The molecule has 0 radical (unpaired) electrons. The van der Waals surface area contributed by atoms with Crippen LogP contribution in [0.1, 0.15) is 37.8 Å². The average molecular weight is 232 g/mol. The van der Waals surface area contributed by atoms with E-state index in [1.165, 1.54) is 32.1 Å². The van der Waals surface area contributed by atoms with E-state index in [2.05, 4.69) is 20.6 Å². The van der Waals surface area contributed by atoms with E-state index in [1.807, 2.05) is 6.92 Å². The Balaban J connectivity index is 1.67. The predicted molar refractivity (Wildman–Crippen MR) is 68.0 cm³/mol. The lowest BCUT2D eigenvalue weighted by Crippen LogP contribution is -2.58. The molecule has 1 aromatic heterocycles. The van der Waals surface area contributed by atoms with Gasteiger partial charge in [-0.3, -0.25) is 4.98 Å². The van der Waals surface area contributed by atoms with Gasteiger partial charge in [-0.2, -0.15) is 0 Å². The summed E-state index contributed by atoms with van der Waals surface area (Å²) in [4.78, 5) is 8.64. The molecule has 2 heterocycles. The van der Waals surface area contributed by atoms with Gasteiger partial charge < -0.3 is 10.6 Å². The van der Waals surface area contributed by atoms with Crippen LogP contribution in [0.4, 0.5) is 5.82 Å². The number of rotatable bonds is 2. The molecule has 0 bridgehead atoms. The summed E-state index contributed by atoms with van der Waals surface area (Å²) in [5.41, 5.74) is 1.43. The number of aromatic nitrogens is 2. The molecule has 1 unspecified atom stereocenters. The minimum atomic E-state index is 0.437. The van der Waals surface area contributed by atoms with E-state index in [0.717, 1.165) is 18.1 Å². The molecule has 2 N–H and O–H groups in total. The molecule has 0 aromatic carbocycles. The number of aryl methyl sites for hydroxylation is 1. The maximum absolute atomic E-state index is 4.37. The fourth-order valence-corrected chi connectivity index (χ4v) is 3.01. The van der Waals surface area contributed by atoms with Crippen LogP contribution in [0.3, 0.4) is 0 Å². The van der Waals surface area contributed by atoms with E-state index in [1.54, 1.807) is 12.4 Å². The van der Waals surface area contributed by atoms with Crippen LogP contribution in [0.2, 0.25) is 0 Å². The van der Waals surface area contributed by atoms with Gasteiger partial charge in [0.2, 0.25) is 0 Å². The van der Waals surface area contributed by atoms with Crippen molar-refractivity contribution in [2.45, 2.75) is 50.6 Å². The van der Waals surface area contributed by atoms with Gasteiger partial charge in [-0.15, -0.1) is 0 Å². The number of anilines is 1. The lowest BCUT2D eigenvalue weighted by atomic mass is 9.70. The van der Waals surface area contributed by atoms with Crippen LogP contribution in [0, 0.1) is 6.92 Å². The molecule has 1 saturated heterocycles. The van der Waals surface area contributed by atoms with E-state index < -0.39 is 0 Å². The quantitative estimate of drug-likeness (QED) is 0.817. The largest absolute Gasteiger partial charge is 0.366 e. The van der Waals surface area contributed by atoms with Crippen LogP contribution in [-0.2, 0) is 0 Å². The molecule has 1 spiro atoms. The topological polar surface area (TPSA) is 49.8 Å². The minimum absolute atomic E-state index is 0.437. The molecule has 1 aromatic rings. The van der Waals surface area contributed by atoms with Crippen molar-refractivity contribution in [3.05, 3.63) is 18.1 Å². The third-order valence-electron chi connectivity index (χ3n) is 4.16. The Morgan fingerprint density at radius 2 is 2.18 bits per heavy atom. The molecule has 4 heteroatoms. The number of nitrogens with one attached hydrogen (secondary N) is 2. The maximum atomic E-state index is 4.37. The zero-order valence-electron chi connectivity index (χ0n) is 10.4. The van der Waals surface area contributed by atoms with Crippen LogP contribution in [0.25, 0.3) is 0 Å². The molecule has 1 aliphatic heterocycles. The standard InChI is InChI=1S/C13H20N4/c1-10-12(15-8-7-14-10)17-11-3-6-16-13(9-11)4-2-5-13/h7-8,11,16H,2-6,9H2,1H3,(H,15,17). The zero-order chi connectivity index (χ0) is 11.7. The molecule has 17 heavy (non-hydrogen) atoms. The molecule has 92 valence electrons. The van der Waals surface area contributed by atoms with Crippen LogP contribution in [0.5, 0.6) is 0 Å². The first-order valence-corrected chi connectivity index (χ1v) is 6.57. The van der Waals surface area contributed by atoms with Gasteiger partial charge in [-0.25, -0.2) is 4.98 Å². The van der Waals surface area contributed by atoms with Crippen LogP contribution >= 0.6 is 0 Å². The normalized spacial score (nSPS) is 26.5. The Bertz CT molecular complexity index is 400. The Labute approximate surface area is 102 Å². The molecular weight excluding hydrogens is 212 g/mol. The van der Waals surface area contributed by atoms with Gasteiger partial charge >= 0.3 is 0 Å². The first-order chi connectivity index (χ1) is 8.27. The average Bonchev–Trinajstić information content (AvgIpc) is 2.31. The van der Waals surface area contributed by atoms with Gasteiger partial charge in [0.25, 0.3) is 0 Å². The second-order valence-electron chi connectivity index (χ2n) is 5.39. The third kappa shape index (κ3) is 2.14. The summed E-state index contributed by atoms with van der Waals surface area (Å²) in [6.45, 7) is 3.13. The summed E-state index contributed by atoms with van der Waals surface area (Å²) in [5, 5.41) is 7.25. The van der Waals surface area contributed by atoms with Crippen LogP contribution in [0.15, 0.2) is 12.4 Å². The highest BCUT2D eigenvalue weighted by atomic mass is 15.1. The van der Waals surface area contributed by atoms with Gasteiger partial charge in [-0.05, 0) is 45.6 Å². The van der Waals surface area contributed by atoms with E-state index in [9.17, 15) is 0 Å². The number of nitrogens with zero attached hydrogens (tertiary/aromatic N) is 2. The predicted octanol–water partition coefficient (Wildman–Crippen LogP) is 1.87. The summed E-state index contributed by atoms with van der Waals surface area (Å²) >= 11 is 0. The fraction of sp³-hybridized carbons (Fsp3) is 0.692. The SMILES string of the molecule is Cc1nccnc1NC1CCNC2(CCC2)C1. The molecule has 3 rings (SSSR count). The number of piperidine rings is 1. The Morgan fingerprint density at radius 1 is 1.35 bits per heavy atom. The van der Waals surface area contributed by atoms with E-state index >= 15 is 0 Å². The highest BCUT2D eigenvalue weighted by molar-refractivity contribution is 5.39. The third-order valence-corrected chi connectivity index (χ3v) is 4.16. The smallest absolute Gasteiger partial charge is 0.147 e. The molecule has 1 saturated carbocycles. The molecule has 4 nitrogen and oxygen atoms in total. The first kappa shape index (κ1) is 11.0. The highest BCUT2D eigenvalue weighted by Gasteiger charge is 2.40. The Hall–Kier alpha value is -1.16. The van der Waals surface area contributed by atoms with Gasteiger partial charge in [0, 0.05) is 24.0 Å². The highest BCUT2D eigenvalue weighted by Crippen LogP contribution is 2.38. The van der Waals surface area contributed by atoms with Gasteiger partial charge in [0.05, 0.1) is 5.69 Å². The zero-order valence-corrected chi connectivity index (χ0v) is 10.4. The minimum Gasteiger partial charge on any atom is -0.366 e. The van der Waals surface area contributed by atoms with Crippen molar-refractivity contribution in [1.29, 1.82) is 0 Å². The summed E-state index contributed by atoms with van der Waals surface area (Å²) in [7, 11) is 0. The molecule has 0 amide bonds. The maximum Gasteiger partial charge on any atom is 0.147 e. The summed E-state index contributed by atoms with van der Waals surface area (Å²) < 4.78 is 0. The van der Waals surface area contributed by atoms with Crippen molar-refractivity contribution in [1.82, 2.24) is 15.3 Å². The van der Waals surface area contributed by atoms with Gasteiger partial charge in [-0.1, -0.05) is 0 Å².